The Kier molecular flexibility index (Phi) is 6.39. The van der Waals surface area contributed by atoms with Gasteiger partial charge in [0.1, 0.15) is 5.82 Å². The number of carbonyl (C=O) groups excluding carboxylic acids is 3. The Bertz CT molecular complexity index is 962. The minimum Gasteiger partial charge on any atom is -0.457 e. The molecule has 1 unspecified atom stereocenters. The van der Waals surface area contributed by atoms with Crippen molar-refractivity contribution in [2.24, 2.45) is 5.92 Å². The van der Waals surface area contributed by atoms with Gasteiger partial charge in [0.15, 0.2) is 6.61 Å². The van der Waals surface area contributed by atoms with Crippen LogP contribution in [0.5, 0.6) is 0 Å². The molecule has 7 heteroatoms. The van der Waals surface area contributed by atoms with Crippen LogP contribution in [0, 0.1) is 25.6 Å². The second kappa shape index (κ2) is 8.81. The number of aromatic nitrogens is 1. The number of hydrogen-bond acceptors (Lipinski definition) is 4. The van der Waals surface area contributed by atoms with E-state index in [0.717, 1.165) is 17.0 Å². The Labute approximate surface area is 175 Å². The first-order chi connectivity index (χ1) is 14.2. The van der Waals surface area contributed by atoms with E-state index in [1.807, 2.05) is 32.3 Å². The number of benzene rings is 1. The number of aryl methyl sites for hydroxylation is 1. The summed E-state index contributed by atoms with van der Waals surface area (Å²) in [6.45, 7) is 8.02. The van der Waals surface area contributed by atoms with E-state index in [1.54, 1.807) is 23.1 Å². The van der Waals surface area contributed by atoms with Crippen molar-refractivity contribution in [1.29, 1.82) is 0 Å². The van der Waals surface area contributed by atoms with Gasteiger partial charge >= 0.3 is 5.97 Å². The van der Waals surface area contributed by atoms with E-state index in [2.05, 4.69) is 0 Å². The highest BCUT2D eigenvalue weighted by atomic mass is 19.1. The van der Waals surface area contributed by atoms with Gasteiger partial charge in [-0.1, -0.05) is 12.1 Å². The van der Waals surface area contributed by atoms with Crippen molar-refractivity contribution in [2.75, 3.05) is 13.2 Å². The Morgan fingerprint density at radius 1 is 1.20 bits per heavy atom. The zero-order valence-electron chi connectivity index (χ0n) is 17.8. The number of ether oxygens (including phenoxy) is 1. The van der Waals surface area contributed by atoms with Crippen LogP contribution < -0.4 is 0 Å². The number of carbonyl (C=O) groups is 3. The molecule has 1 aromatic carbocycles. The van der Waals surface area contributed by atoms with Crippen LogP contribution in [-0.4, -0.2) is 46.3 Å². The van der Waals surface area contributed by atoms with Crippen LogP contribution in [0.4, 0.5) is 4.39 Å². The van der Waals surface area contributed by atoms with Crippen molar-refractivity contribution < 1.29 is 23.5 Å². The summed E-state index contributed by atoms with van der Waals surface area (Å²) in [6.07, 6.45) is 0.122. The summed E-state index contributed by atoms with van der Waals surface area (Å²) in [6, 6.07) is 8.03. The third-order valence-electron chi connectivity index (χ3n) is 5.59. The molecule has 3 rings (SSSR count). The highest BCUT2D eigenvalue weighted by Crippen LogP contribution is 2.22. The molecule has 1 fully saturated rings. The zero-order chi connectivity index (χ0) is 22.0. The summed E-state index contributed by atoms with van der Waals surface area (Å²) >= 11 is 0. The van der Waals surface area contributed by atoms with Crippen LogP contribution in [0.1, 0.15) is 47.6 Å². The van der Waals surface area contributed by atoms with Crippen molar-refractivity contribution in [3.8, 4) is 0 Å². The first-order valence-electron chi connectivity index (χ1n) is 10.1. The van der Waals surface area contributed by atoms with Crippen molar-refractivity contribution >= 4 is 17.7 Å². The Morgan fingerprint density at radius 2 is 1.87 bits per heavy atom. The average Bonchev–Trinajstić information content (AvgIpc) is 3.22. The maximum atomic E-state index is 13.1. The molecule has 1 saturated heterocycles. The molecule has 0 saturated carbocycles. The molecule has 0 N–H and O–H groups in total. The first-order valence-corrected chi connectivity index (χ1v) is 10.1. The summed E-state index contributed by atoms with van der Waals surface area (Å²) in [5.41, 5.74) is 3.07. The monoisotopic (exact) mass is 414 g/mol. The number of ketones is 1. The fraction of sp³-hybridized carbons (Fsp3) is 0.435. The van der Waals surface area contributed by atoms with Crippen LogP contribution >= 0.6 is 0 Å². The van der Waals surface area contributed by atoms with E-state index >= 15 is 0 Å². The van der Waals surface area contributed by atoms with E-state index in [-0.39, 0.29) is 36.6 Å². The van der Waals surface area contributed by atoms with E-state index < -0.39 is 11.9 Å². The maximum Gasteiger partial charge on any atom is 0.311 e. The van der Waals surface area contributed by atoms with Gasteiger partial charge in [0.05, 0.1) is 5.92 Å². The van der Waals surface area contributed by atoms with E-state index in [1.165, 1.54) is 12.1 Å². The lowest BCUT2D eigenvalue weighted by Gasteiger charge is -2.20. The molecule has 160 valence electrons. The minimum atomic E-state index is -0.529. The summed E-state index contributed by atoms with van der Waals surface area (Å²) < 4.78 is 20.3. The molecular weight excluding hydrogens is 387 g/mol. The molecule has 1 atom stereocenters. The molecule has 30 heavy (non-hydrogen) atoms. The smallest absolute Gasteiger partial charge is 0.311 e. The predicted molar refractivity (Wildman–Crippen MR) is 110 cm³/mol. The van der Waals surface area contributed by atoms with E-state index in [9.17, 15) is 18.8 Å². The summed E-state index contributed by atoms with van der Waals surface area (Å²) in [4.78, 5) is 38.6. The number of nitrogens with zero attached hydrogens (tertiary/aromatic N) is 2. The van der Waals surface area contributed by atoms with Crippen LogP contribution in [-0.2, 0) is 20.9 Å². The van der Waals surface area contributed by atoms with Gasteiger partial charge in [-0.2, -0.15) is 0 Å². The van der Waals surface area contributed by atoms with Crippen molar-refractivity contribution in [2.45, 2.75) is 46.7 Å². The van der Waals surface area contributed by atoms with Crippen molar-refractivity contribution in [3.63, 3.8) is 0 Å². The third-order valence-corrected chi connectivity index (χ3v) is 5.59. The van der Waals surface area contributed by atoms with Crippen LogP contribution in [0.15, 0.2) is 30.3 Å². The average molecular weight is 414 g/mol. The molecule has 1 amide bonds. The van der Waals surface area contributed by atoms with Crippen molar-refractivity contribution in [1.82, 2.24) is 9.47 Å². The zero-order valence-corrected chi connectivity index (χ0v) is 17.8. The van der Waals surface area contributed by atoms with Crippen molar-refractivity contribution in [3.05, 3.63) is 58.7 Å². The second-order valence-electron chi connectivity index (χ2n) is 8.07. The molecule has 6 nitrogen and oxygen atoms in total. The number of hydrogen-bond donors (Lipinski definition) is 0. The molecule has 0 radical (unpaired) electrons. The molecule has 2 heterocycles. The van der Waals surface area contributed by atoms with Crippen LogP contribution in [0.2, 0.25) is 0 Å². The largest absolute Gasteiger partial charge is 0.457 e. The normalized spacial score (nSPS) is 16.4. The van der Waals surface area contributed by atoms with Gasteiger partial charge < -0.3 is 14.2 Å². The van der Waals surface area contributed by atoms with Gasteiger partial charge in [-0.15, -0.1) is 0 Å². The molecule has 0 aliphatic carbocycles. The van der Waals surface area contributed by atoms with Gasteiger partial charge in [-0.3, -0.25) is 14.4 Å². The van der Waals surface area contributed by atoms with Gasteiger partial charge in [0, 0.05) is 42.5 Å². The first kappa shape index (κ1) is 21.7. The summed E-state index contributed by atoms with van der Waals surface area (Å²) in [5, 5.41) is 0. The molecule has 0 bridgehead atoms. The topological polar surface area (TPSA) is 68.6 Å². The number of esters is 1. The van der Waals surface area contributed by atoms with Crippen LogP contribution in [0.25, 0.3) is 0 Å². The highest BCUT2D eigenvalue weighted by Gasteiger charge is 2.36. The minimum absolute atomic E-state index is 0.0310. The van der Waals surface area contributed by atoms with Gasteiger partial charge in [-0.05, 0) is 51.5 Å². The Morgan fingerprint density at radius 3 is 2.47 bits per heavy atom. The van der Waals surface area contributed by atoms with Crippen LogP contribution in [0.3, 0.4) is 0 Å². The number of rotatable bonds is 7. The second-order valence-corrected chi connectivity index (χ2v) is 8.07. The number of amides is 1. The van der Waals surface area contributed by atoms with E-state index in [0.29, 0.717) is 18.7 Å². The van der Waals surface area contributed by atoms with Gasteiger partial charge in [0.2, 0.25) is 11.7 Å². The number of Topliss-reactive ketones (excluding diaryl/α,β-unsaturated/α-hetero) is 1. The quantitative estimate of drug-likeness (QED) is 0.515. The SMILES string of the molecule is Cc1cc(C(=O)COC(=O)C2CC(=O)N(C(C)C)C2)c(C)n1Cc1ccc(F)cc1. The fourth-order valence-corrected chi connectivity index (χ4v) is 3.82. The van der Waals surface area contributed by atoms with E-state index in [4.69, 9.17) is 4.74 Å². The van der Waals surface area contributed by atoms with Gasteiger partial charge in [-0.25, -0.2) is 4.39 Å². The fourth-order valence-electron chi connectivity index (χ4n) is 3.82. The molecule has 2 aromatic rings. The summed E-state index contributed by atoms with van der Waals surface area (Å²) in [5.74, 6) is -1.69. The Balaban J connectivity index is 1.63. The standard InChI is InChI=1S/C23H27FN2O4/c1-14(2)25-12-18(10-22(25)28)23(29)30-13-21(27)20-9-15(3)26(16(20)4)11-17-5-7-19(24)8-6-17/h5-9,14,18H,10-13H2,1-4H3. The molecule has 1 aromatic heterocycles. The molecule has 0 spiro atoms. The molecular formula is C23H27FN2O4. The summed E-state index contributed by atoms with van der Waals surface area (Å²) in [7, 11) is 0. The lowest BCUT2D eigenvalue weighted by atomic mass is 10.1. The number of likely N-dealkylation sites (tertiary alicyclic amines) is 1. The Hall–Kier alpha value is -2.96. The highest BCUT2D eigenvalue weighted by molar-refractivity contribution is 5.99. The number of halogens is 1. The lowest BCUT2D eigenvalue weighted by molar-refractivity contribution is -0.147. The molecule has 1 aliphatic rings. The lowest BCUT2D eigenvalue weighted by Crippen LogP contribution is -2.33. The molecule has 1 aliphatic heterocycles. The van der Waals surface area contributed by atoms with Gasteiger partial charge in [0.25, 0.3) is 0 Å². The maximum absolute atomic E-state index is 13.1. The predicted octanol–water partition coefficient (Wildman–Crippen LogP) is 3.28. The third kappa shape index (κ3) is 4.61.